The van der Waals surface area contributed by atoms with Crippen LogP contribution in [-0.4, -0.2) is 56.3 Å². The van der Waals surface area contributed by atoms with Crippen LogP contribution in [0.5, 0.6) is 0 Å². The molecule has 3 aliphatic rings. The van der Waals surface area contributed by atoms with E-state index in [-0.39, 0.29) is 17.9 Å². The number of benzene rings is 2. The zero-order valence-corrected chi connectivity index (χ0v) is 23.3. The van der Waals surface area contributed by atoms with Gasteiger partial charge in [-0.3, -0.25) is 4.79 Å². The molecule has 0 radical (unpaired) electrons. The molecular formula is C30H41N3O3S. The molecule has 3 atom stereocenters. The maximum Gasteiger partial charge on any atom is 0.243 e. The van der Waals surface area contributed by atoms with Gasteiger partial charge in [-0.05, 0) is 68.6 Å². The van der Waals surface area contributed by atoms with Gasteiger partial charge in [0.2, 0.25) is 15.9 Å². The Bertz CT molecular complexity index is 1190. The molecule has 6 nitrogen and oxygen atoms in total. The standard InChI is InChI=1S/C30H41N3O3S/c1-21-15-22(2)29(23(3)16-21)37(35,36)33-19-26-17-32(18-27(26)20-33)14-13-28(24-9-5-4-6-10-24)31-30(34)25-11-7-8-12-25/h4-6,9-10,15-16,25-28H,7-8,11-14,17-20H2,1-3H3,(H,31,34)/t26?,27?,28-/m0/s1. The van der Waals surface area contributed by atoms with Crippen molar-refractivity contribution in [2.45, 2.75) is 63.8 Å². The number of amides is 1. The Labute approximate surface area is 222 Å². The second-order valence-corrected chi connectivity index (χ2v) is 13.4. The molecule has 37 heavy (non-hydrogen) atoms. The molecule has 1 N–H and O–H groups in total. The lowest BCUT2D eigenvalue weighted by Crippen LogP contribution is -2.37. The van der Waals surface area contributed by atoms with E-state index in [1.807, 2.05) is 51.1 Å². The minimum Gasteiger partial charge on any atom is -0.349 e. The lowest BCUT2D eigenvalue weighted by Gasteiger charge is -2.26. The average molecular weight is 524 g/mol. The number of aryl methyl sites for hydroxylation is 3. The molecule has 1 aliphatic carbocycles. The van der Waals surface area contributed by atoms with Gasteiger partial charge in [0.1, 0.15) is 0 Å². The van der Waals surface area contributed by atoms with Crippen molar-refractivity contribution < 1.29 is 13.2 Å². The fourth-order valence-electron chi connectivity index (χ4n) is 6.93. The van der Waals surface area contributed by atoms with Crippen LogP contribution in [0.4, 0.5) is 0 Å². The van der Waals surface area contributed by atoms with Gasteiger partial charge < -0.3 is 10.2 Å². The molecule has 3 fully saturated rings. The Balaban J connectivity index is 1.20. The van der Waals surface area contributed by atoms with Crippen LogP contribution < -0.4 is 5.32 Å². The molecule has 1 saturated carbocycles. The van der Waals surface area contributed by atoms with E-state index in [0.29, 0.717) is 29.8 Å². The molecule has 1 amide bonds. The largest absolute Gasteiger partial charge is 0.349 e. The summed E-state index contributed by atoms with van der Waals surface area (Å²) in [6, 6.07) is 14.2. The van der Waals surface area contributed by atoms with E-state index in [9.17, 15) is 13.2 Å². The first-order valence-electron chi connectivity index (χ1n) is 13.9. The molecule has 2 aromatic rings. The van der Waals surface area contributed by atoms with E-state index < -0.39 is 10.0 Å². The first kappa shape index (κ1) is 26.4. The van der Waals surface area contributed by atoms with Gasteiger partial charge in [0, 0.05) is 38.6 Å². The summed E-state index contributed by atoms with van der Waals surface area (Å²) >= 11 is 0. The van der Waals surface area contributed by atoms with Crippen LogP contribution in [0.2, 0.25) is 0 Å². The van der Waals surface area contributed by atoms with Crippen molar-refractivity contribution in [2.75, 3.05) is 32.7 Å². The van der Waals surface area contributed by atoms with Crippen LogP contribution in [0.25, 0.3) is 0 Å². The number of carbonyl (C=O) groups excluding carboxylic acids is 1. The summed E-state index contributed by atoms with van der Waals surface area (Å²) in [6.07, 6.45) is 5.18. The van der Waals surface area contributed by atoms with Gasteiger partial charge in [-0.25, -0.2) is 8.42 Å². The average Bonchev–Trinajstić information content (AvgIpc) is 3.58. The van der Waals surface area contributed by atoms with E-state index in [0.717, 1.165) is 74.0 Å². The number of likely N-dealkylation sites (tertiary alicyclic amines) is 1. The third kappa shape index (κ3) is 5.64. The Kier molecular flexibility index (Phi) is 7.75. The summed E-state index contributed by atoms with van der Waals surface area (Å²) in [7, 11) is -3.49. The first-order valence-corrected chi connectivity index (χ1v) is 15.3. The number of nitrogens with zero attached hydrogens (tertiary/aromatic N) is 2. The van der Waals surface area contributed by atoms with Crippen LogP contribution in [0.15, 0.2) is 47.4 Å². The van der Waals surface area contributed by atoms with Crippen molar-refractivity contribution in [3.05, 3.63) is 64.7 Å². The summed E-state index contributed by atoms with van der Waals surface area (Å²) in [5.74, 6) is 1.09. The van der Waals surface area contributed by atoms with Crippen molar-refractivity contribution in [1.82, 2.24) is 14.5 Å². The number of carbonyl (C=O) groups is 1. The zero-order chi connectivity index (χ0) is 26.2. The van der Waals surface area contributed by atoms with Crippen LogP contribution >= 0.6 is 0 Å². The molecule has 0 aromatic heterocycles. The third-order valence-electron chi connectivity index (χ3n) is 8.71. The van der Waals surface area contributed by atoms with Gasteiger partial charge in [0.05, 0.1) is 10.9 Å². The Morgan fingerprint density at radius 1 is 0.946 bits per heavy atom. The monoisotopic (exact) mass is 523 g/mol. The number of sulfonamides is 1. The minimum atomic E-state index is -3.49. The molecule has 2 unspecified atom stereocenters. The van der Waals surface area contributed by atoms with Gasteiger partial charge in [-0.1, -0.05) is 60.9 Å². The smallest absolute Gasteiger partial charge is 0.243 e. The van der Waals surface area contributed by atoms with E-state index in [4.69, 9.17) is 0 Å². The van der Waals surface area contributed by atoms with Crippen molar-refractivity contribution in [3.63, 3.8) is 0 Å². The quantitative estimate of drug-likeness (QED) is 0.549. The lowest BCUT2D eigenvalue weighted by atomic mass is 10.0. The molecule has 0 bridgehead atoms. The van der Waals surface area contributed by atoms with Gasteiger partial charge in [-0.15, -0.1) is 0 Å². The molecule has 2 aromatic carbocycles. The highest BCUT2D eigenvalue weighted by Gasteiger charge is 2.44. The molecule has 2 heterocycles. The Hall–Kier alpha value is -2.22. The zero-order valence-electron chi connectivity index (χ0n) is 22.4. The van der Waals surface area contributed by atoms with Crippen LogP contribution in [0.3, 0.4) is 0 Å². The predicted octanol–water partition coefficient (Wildman–Crippen LogP) is 4.60. The maximum atomic E-state index is 13.6. The third-order valence-corrected chi connectivity index (χ3v) is 10.8. The number of hydrogen-bond donors (Lipinski definition) is 1. The van der Waals surface area contributed by atoms with Crippen molar-refractivity contribution in [2.24, 2.45) is 17.8 Å². The van der Waals surface area contributed by atoms with E-state index in [2.05, 4.69) is 22.3 Å². The highest BCUT2D eigenvalue weighted by atomic mass is 32.2. The van der Waals surface area contributed by atoms with E-state index in [1.54, 1.807) is 4.31 Å². The highest BCUT2D eigenvalue weighted by Crippen LogP contribution is 2.36. The van der Waals surface area contributed by atoms with Crippen LogP contribution in [0, 0.1) is 38.5 Å². The number of nitrogens with one attached hydrogen (secondary N) is 1. The topological polar surface area (TPSA) is 69.7 Å². The predicted molar refractivity (Wildman–Crippen MR) is 147 cm³/mol. The van der Waals surface area contributed by atoms with Crippen molar-refractivity contribution in [3.8, 4) is 0 Å². The highest BCUT2D eigenvalue weighted by molar-refractivity contribution is 7.89. The molecule has 2 aliphatic heterocycles. The van der Waals surface area contributed by atoms with E-state index >= 15 is 0 Å². The second kappa shape index (κ2) is 10.9. The maximum absolute atomic E-state index is 13.6. The Morgan fingerprint density at radius 2 is 1.54 bits per heavy atom. The molecule has 0 spiro atoms. The van der Waals surface area contributed by atoms with Gasteiger partial charge in [0.25, 0.3) is 0 Å². The lowest BCUT2D eigenvalue weighted by molar-refractivity contribution is -0.125. The fourth-order valence-corrected chi connectivity index (χ4v) is 8.89. The summed E-state index contributed by atoms with van der Waals surface area (Å²) in [6.45, 7) is 9.74. The molecule has 2 saturated heterocycles. The summed E-state index contributed by atoms with van der Waals surface area (Å²) in [5, 5.41) is 3.36. The van der Waals surface area contributed by atoms with Gasteiger partial charge >= 0.3 is 0 Å². The molecule has 200 valence electrons. The van der Waals surface area contributed by atoms with Crippen LogP contribution in [0.1, 0.15) is 60.4 Å². The SMILES string of the molecule is Cc1cc(C)c(S(=O)(=O)N2CC3CN(CC[C@H](NC(=O)C4CCCC4)c4ccccc4)CC3C2)c(C)c1. The summed E-state index contributed by atoms with van der Waals surface area (Å²) < 4.78 is 28.8. The normalized spacial score (nSPS) is 23.9. The molecule has 5 rings (SSSR count). The number of hydrogen-bond acceptors (Lipinski definition) is 4. The summed E-state index contributed by atoms with van der Waals surface area (Å²) in [4.78, 5) is 15.9. The van der Waals surface area contributed by atoms with Crippen molar-refractivity contribution >= 4 is 15.9 Å². The van der Waals surface area contributed by atoms with Crippen molar-refractivity contribution in [1.29, 1.82) is 0 Å². The molecular weight excluding hydrogens is 482 g/mol. The van der Waals surface area contributed by atoms with Gasteiger partial charge in [-0.2, -0.15) is 4.31 Å². The second-order valence-electron chi connectivity index (χ2n) is 11.6. The number of fused-ring (bicyclic) bond motifs is 1. The summed E-state index contributed by atoms with van der Waals surface area (Å²) in [5.41, 5.74) is 3.93. The fraction of sp³-hybridized carbons (Fsp3) is 0.567. The molecule has 7 heteroatoms. The minimum absolute atomic E-state index is 0.0131. The first-order chi connectivity index (χ1) is 17.7. The Morgan fingerprint density at radius 3 is 2.14 bits per heavy atom. The van der Waals surface area contributed by atoms with Crippen LogP contribution in [-0.2, 0) is 14.8 Å². The van der Waals surface area contributed by atoms with Gasteiger partial charge in [0.15, 0.2) is 0 Å². The number of rotatable bonds is 8. The van der Waals surface area contributed by atoms with E-state index in [1.165, 1.54) is 0 Å².